The first-order valence-corrected chi connectivity index (χ1v) is 23.6. The van der Waals surface area contributed by atoms with Gasteiger partial charge in [-0.05, 0) is 132 Å². The molecule has 0 fully saturated rings. The van der Waals surface area contributed by atoms with E-state index >= 15 is 0 Å². The summed E-state index contributed by atoms with van der Waals surface area (Å²) in [6.45, 7) is -0.0617. The van der Waals surface area contributed by atoms with Crippen LogP contribution in [-0.4, -0.2) is 11.3 Å². The van der Waals surface area contributed by atoms with E-state index < -0.39 is 0 Å². The van der Waals surface area contributed by atoms with Crippen LogP contribution in [0.1, 0.15) is 0 Å². The zero-order valence-electron chi connectivity index (χ0n) is 37.0. The first-order valence-electron chi connectivity index (χ1n) is 23.6. The van der Waals surface area contributed by atoms with Gasteiger partial charge in [-0.3, -0.25) is 0 Å². The second-order valence-electron chi connectivity index (χ2n) is 18.4. The van der Waals surface area contributed by atoms with Crippen LogP contribution in [0.4, 0.5) is 34.1 Å². The Morgan fingerprint density at radius 3 is 1.56 bits per heavy atom. The van der Waals surface area contributed by atoms with Crippen LogP contribution in [0.5, 0.6) is 0 Å². The molecule has 3 heterocycles. The second kappa shape index (κ2) is 14.3. The van der Waals surface area contributed by atoms with Crippen molar-refractivity contribution in [3.05, 3.63) is 243 Å². The maximum Gasteiger partial charge on any atom is 0.252 e. The van der Waals surface area contributed by atoms with Gasteiger partial charge in [0.2, 0.25) is 0 Å². The third kappa shape index (κ3) is 5.26. The molecule has 0 saturated carbocycles. The zero-order valence-corrected chi connectivity index (χ0v) is 37.0. The molecule has 0 saturated heterocycles. The molecule has 0 radical (unpaired) electrons. The van der Waals surface area contributed by atoms with Crippen LogP contribution in [0, 0.1) is 0 Å². The van der Waals surface area contributed by atoms with Gasteiger partial charge in [0, 0.05) is 44.9 Å². The van der Waals surface area contributed by atoms with Gasteiger partial charge in [0.15, 0.2) is 0 Å². The predicted molar refractivity (Wildman–Crippen MR) is 288 cm³/mol. The van der Waals surface area contributed by atoms with Crippen molar-refractivity contribution >= 4 is 89.8 Å². The molecule has 0 spiro atoms. The maximum absolute atomic E-state index is 2.64. The second-order valence-corrected chi connectivity index (χ2v) is 18.4. The fourth-order valence-electron chi connectivity index (χ4n) is 12.1. The number of rotatable bonds is 6. The Kier molecular flexibility index (Phi) is 7.87. The lowest BCUT2D eigenvalue weighted by Crippen LogP contribution is -2.60. The Balaban J connectivity index is 1.11. The van der Waals surface area contributed by atoms with Crippen molar-refractivity contribution in [2.75, 3.05) is 9.80 Å². The van der Waals surface area contributed by atoms with Crippen LogP contribution in [0.2, 0.25) is 0 Å². The molecule has 314 valence electrons. The van der Waals surface area contributed by atoms with Crippen LogP contribution < -0.4 is 26.2 Å². The minimum absolute atomic E-state index is 0.0617. The van der Waals surface area contributed by atoms with Crippen molar-refractivity contribution in [3.63, 3.8) is 0 Å². The Morgan fingerprint density at radius 2 is 0.882 bits per heavy atom. The van der Waals surface area contributed by atoms with Crippen LogP contribution in [0.15, 0.2) is 243 Å². The number of anilines is 6. The summed E-state index contributed by atoms with van der Waals surface area (Å²) in [5.74, 6) is 0. The number of hydrogen-bond acceptors (Lipinski definition) is 2. The monoisotopic (exact) mass is 861 g/mol. The van der Waals surface area contributed by atoms with Crippen molar-refractivity contribution in [1.29, 1.82) is 0 Å². The van der Waals surface area contributed by atoms with Gasteiger partial charge in [-0.1, -0.05) is 182 Å². The van der Waals surface area contributed by atoms with E-state index in [9.17, 15) is 0 Å². The lowest BCUT2D eigenvalue weighted by Gasteiger charge is -2.41. The fourth-order valence-corrected chi connectivity index (χ4v) is 12.1. The molecular weight excluding hydrogens is 822 g/mol. The Morgan fingerprint density at radius 1 is 0.338 bits per heavy atom. The normalized spacial score (nSPS) is 12.6. The summed E-state index contributed by atoms with van der Waals surface area (Å²) in [6, 6.07) is 90.1. The van der Waals surface area contributed by atoms with Gasteiger partial charge >= 0.3 is 0 Å². The molecule has 0 unspecified atom stereocenters. The molecule has 0 bridgehead atoms. The molecule has 12 aromatic rings. The average Bonchev–Trinajstić information content (AvgIpc) is 3.70. The lowest BCUT2D eigenvalue weighted by molar-refractivity contribution is 1.16. The van der Waals surface area contributed by atoms with Gasteiger partial charge < -0.3 is 14.4 Å². The summed E-state index contributed by atoms with van der Waals surface area (Å²) in [7, 11) is 0. The van der Waals surface area contributed by atoms with Gasteiger partial charge in [0.1, 0.15) is 0 Å². The summed E-state index contributed by atoms with van der Waals surface area (Å²) < 4.78 is 2.64. The van der Waals surface area contributed by atoms with Gasteiger partial charge in [0.05, 0.1) is 16.7 Å². The first kappa shape index (κ1) is 37.4. The van der Waals surface area contributed by atoms with E-state index in [0.717, 1.165) is 22.7 Å². The Bertz CT molecular complexity index is 3970. The number of para-hydroxylation sites is 2. The van der Waals surface area contributed by atoms with E-state index in [1.807, 2.05) is 0 Å². The van der Waals surface area contributed by atoms with Gasteiger partial charge in [-0.15, -0.1) is 0 Å². The van der Waals surface area contributed by atoms with Gasteiger partial charge in [0.25, 0.3) is 6.71 Å². The van der Waals surface area contributed by atoms with Crippen LogP contribution >= 0.6 is 0 Å². The molecular formula is C64H40BN3. The molecule has 4 heteroatoms. The van der Waals surface area contributed by atoms with E-state index in [-0.39, 0.29) is 6.71 Å². The number of hydrogen-bond donors (Lipinski definition) is 0. The highest BCUT2D eigenvalue weighted by Crippen LogP contribution is 2.52. The van der Waals surface area contributed by atoms with Crippen molar-refractivity contribution < 1.29 is 0 Å². The molecule has 1 aromatic heterocycles. The van der Waals surface area contributed by atoms with Crippen LogP contribution in [-0.2, 0) is 0 Å². The smallest absolute Gasteiger partial charge is 0.252 e. The lowest BCUT2D eigenvalue weighted by atomic mass is 9.33. The summed E-state index contributed by atoms with van der Waals surface area (Å²) in [5.41, 5.74) is 24.4. The SMILES string of the molecule is c1ccc(-c2ccc(N3c4ccc(-c5ccccc5)cc4B4c5c3cc(N(c3ccccc3)c3ccccc3)cc5-n3c5cccc6c5c5c7c(cccc7cc4c53)-c3ccccc3-6)cc2)cc1. The number of nitrogens with zero attached hydrogens (tertiary/aromatic N) is 3. The van der Waals surface area contributed by atoms with Crippen molar-refractivity contribution in [1.82, 2.24) is 4.57 Å². The topological polar surface area (TPSA) is 11.4 Å². The maximum atomic E-state index is 2.64. The highest BCUT2D eigenvalue weighted by Gasteiger charge is 2.44. The molecule has 0 atom stereocenters. The molecule has 68 heavy (non-hydrogen) atoms. The molecule has 15 rings (SSSR count). The van der Waals surface area contributed by atoms with Crippen molar-refractivity contribution in [3.8, 4) is 50.2 Å². The summed E-state index contributed by atoms with van der Waals surface area (Å²) >= 11 is 0. The Hall–Kier alpha value is -8.86. The van der Waals surface area contributed by atoms with Gasteiger partial charge in [-0.2, -0.15) is 0 Å². The van der Waals surface area contributed by atoms with Crippen molar-refractivity contribution in [2.45, 2.75) is 0 Å². The Labute approximate surface area is 395 Å². The summed E-state index contributed by atoms with van der Waals surface area (Å²) in [5, 5.41) is 5.27. The van der Waals surface area contributed by atoms with E-state index in [4.69, 9.17) is 0 Å². The van der Waals surface area contributed by atoms with Crippen molar-refractivity contribution in [2.24, 2.45) is 0 Å². The number of benzene rings is 11. The molecule has 0 N–H and O–H groups in total. The molecule has 1 aliphatic carbocycles. The van der Waals surface area contributed by atoms with E-state index in [0.29, 0.717) is 0 Å². The summed E-state index contributed by atoms with van der Waals surface area (Å²) in [4.78, 5) is 4.97. The third-order valence-corrected chi connectivity index (χ3v) is 14.8. The standard InChI is InChI=1S/C64H40BN3/c1-5-17-41(18-6-1)43-31-34-48(35-32-43)67-56-36-33-44(42-19-7-2-8-20-42)37-54(56)65-55-38-45-21-15-28-52-50-26-13-14-27-51(50)53-29-16-30-57-61(53)62(60(45)52)64(55)68(57)59-40-49(39-58(67)63(59)65)66(46-22-9-3-10-23-46)47-24-11-4-12-25-47/h1-40H. The summed E-state index contributed by atoms with van der Waals surface area (Å²) in [6.07, 6.45) is 0. The first-order chi connectivity index (χ1) is 33.8. The molecule has 3 nitrogen and oxygen atoms in total. The minimum Gasteiger partial charge on any atom is -0.311 e. The largest absolute Gasteiger partial charge is 0.311 e. The molecule has 0 amide bonds. The molecule has 2 aliphatic heterocycles. The molecule has 11 aromatic carbocycles. The third-order valence-electron chi connectivity index (χ3n) is 14.8. The van der Waals surface area contributed by atoms with E-state index in [1.54, 1.807) is 0 Å². The van der Waals surface area contributed by atoms with E-state index in [1.165, 1.54) is 111 Å². The number of aromatic nitrogens is 1. The number of fused-ring (bicyclic) bond motifs is 8. The molecule has 3 aliphatic rings. The highest BCUT2D eigenvalue weighted by atomic mass is 15.2. The highest BCUT2D eigenvalue weighted by molar-refractivity contribution is 7.00. The minimum atomic E-state index is -0.0617. The van der Waals surface area contributed by atoms with E-state index in [2.05, 4.69) is 257 Å². The van der Waals surface area contributed by atoms with Crippen LogP contribution in [0.3, 0.4) is 0 Å². The fraction of sp³-hybridized carbons (Fsp3) is 0. The van der Waals surface area contributed by atoms with Crippen LogP contribution in [0.25, 0.3) is 82.8 Å². The average molecular weight is 862 g/mol. The zero-order chi connectivity index (χ0) is 44.5. The van der Waals surface area contributed by atoms with Gasteiger partial charge in [-0.25, -0.2) is 0 Å². The predicted octanol–water partition coefficient (Wildman–Crippen LogP) is 15.0. The quantitative estimate of drug-likeness (QED) is 0.154.